The van der Waals surface area contributed by atoms with Crippen molar-refractivity contribution >= 4 is 23.2 Å². The van der Waals surface area contributed by atoms with Crippen LogP contribution in [0.2, 0.25) is 10.0 Å². The minimum absolute atomic E-state index is 0.0623. The van der Waals surface area contributed by atoms with Gasteiger partial charge in [0.15, 0.2) is 0 Å². The molecule has 0 saturated heterocycles. The van der Waals surface area contributed by atoms with Crippen LogP contribution in [0.25, 0.3) is 0 Å². The first kappa shape index (κ1) is 10.3. The lowest BCUT2D eigenvalue weighted by Crippen LogP contribution is -2.11. The quantitative estimate of drug-likeness (QED) is 0.839. The molecule has 76 valence electrons. The fourth-order valence-corrected chi connectivity index (χ4v) is 2.19. The summed E-state index contributed by atoms with van der Waals surface area (Å²) >= 11 is 11.9. The van der Waals surface area contributed by atoms with Gasteiger partial charge in [0.05, 0.1) is 0 Å². The molecule has 14 heavy (non-hydrogen) atoms. The fourth-order valence-electron chi connectivity index (χ4n) is 1.64. The van der Waals surface area contributed by atoms with Crippen molar-refractivity contribution in [2.24, 2.45) is 11.7 Å². The Hall–Kier alpha value is -0.240. The Labute approximate surface area is 94.2 Å². The third-order valence-corrected chi connectivity index (χ3v) is 3.21. The molecule has 0 heterocycles. The van der Waals surface area contributed by atoms with Gasteiger partial charge in [-0.1, -0.05) is 42.1 Å². The first-order chi connectivity index (χ1) is 6.66. The van der Waals surface area contributed by atoms with Crippen LogP contribution >= 0.6 is 23.2 Å². The van der Waals surface area contributed by atoms with Gasteiger partial charge >= 0.3 is 0 Å². The van der Waals surface area contributed by atoms with Crippen LogP contribution < -0.4 is 5.73 Å². The van der Waals surface area contributed by atoms with Gasteiger partial charge in [-0.2, -0.15) is 0 Å². The molecule has 1 nitrogen and oxygen atoms in total. The van der Waals surface area contributed by atoms with Crippen molar-refractivity contribution in [2.45, 2.75) is 25.3 Å². The summed E-state index contributed by atoms with van der Waals surface area (Å²) in [6.45, 7) is 0. The SMILES string of the molecule is N[C@H](CC1CC1)c1ccc(Cl)cc1Cl. The summed E-state index contributed by atoms with van der Waals surface area (Å²) in [5, 5.41) is 1.35. The van der Waals surface area contributed by atoms with E-state index in [0.29, 0.717) is 10.0 Å². The summed E-state index contributed by atoms with van der Waals surface area (Å²) in [4.78, 5) is 0. The highest BCUT2D eigenvalue weighted by Gasteiger charge is 2.25. The summed E-state index contributed by atoms with van der Waals surface area (Å²) in [6, 6.07) is 5.59. The molecule has 2 N–H and O–H groups in total. The van der Waals surface area contributed by atoms with E-state index in [2.05, 4.69) is 0 Å². The van der Waals surface area contributed by atoms with Gasteiger partial charge < -0.3 is 5.73 Å². The van der Waals surface area contributed by atoms with Crippen LogP contribution in [-0.2, 0) is 0 Å². The zero-order chi connectivity index (χ0) is 10.1. The van der Waals surface area contributed by atoms with Crippen LogP contribution in [0.15, 0.2) is 18.2 Å². The molecule has 1 saturated carbocycles. The second-order valence-corrected chi connectivity index (χ2v) is 4.80. The molecule has 1 fully saturated rings. The van der Waals surface area contributed by atoms with E-state index in [1.165, 1.54) is 12.8 Å². The van der Waals surface area contributed by atoms with Crippen LogP contribution in [0.4, 0.5) is 0 Å². The molecular weight excluding hydrogens is 217 g/mol. The van der Waals surface area contributed by atoms with E-state index >= 15 is 0 Å². The number of hydrogen-bond acceptors (Lipinski definition) is 1. The lowest BCUT2D eigenvalue weighted by atomic mass is 10.0. The Morgan fingerprint density at radius 3 is 2.64 bits per heavy atom. The van der Waals surface area contributed by atoms with Gasteiger partial charge in [0.2, 0.25) is 0 Å². The van der Waals surface area contributed by atoms with E-state index in [4.69, 9.17) is 28.9 Å². The van der Waals surface area contributed by atoms with E-state index in [1.807, 2.05) is 12.1 Å². The molecule has 1 aliphatic rings. The Morgan fingerprint density at radius 1 is 1.36 bits per heavy atom. The summed E-state index contributed by atoms with van der Waals surface area (Å²) in [6.07, 6.45) is 3.68. The van der Waals surface area contributed by atoms with Gasteiger partial charge in [0, 0.05) is 16.1 Å². The summed E-state index contributed by atoms with van der Waals surface area (Å²) in [5.74, 6) is 0.816. The third-order valence-electron chi connectivity index (χ3n) is 2.65. The van der Waals surface area contributed by atoms with Gasteiger partial charge in [-0.15, -0.1) is 0 Å². The average Bonchev–Trinajstić information content (AvgIpc) is 2.87. The van der Waals surface area contributed by atoms with Gasteiger partial charge in [0.25, 0.3) is 0 Å². The zero-order valence-electron chi connectivity index (χ0n) is 7.84. The van der Waals surface area contributed by atoms with Crippen LogP contribution in [0.5, 0.6) is 0 Å². The maximum Gasteiger partial charge on any atom is 0.0468 e. The van der Waals surface area contributed by atoms with E-state index in [0.717, 1.165) is 17.9 Å². The smallest absolute Gasteiger partial charge is 0.0468 e. The monoisotopic (exact) mass is 229 g/mol. The molecule has 1 atom stereocenters. The van der Waals surface area contributed by atoms with Crippen molar-refractivity contribution in [3.05, 3.63) is 33.8 Å². The lowest BCUT2D eigenvalue weighted by molar-refractivity contribution is 0.597. The van der Waals surface area contributed by atoms with Gasteiger partial charge in [0.1, 0.15) is 0 Å². The van der Waals surface area contributed by atoms with Crippen LogP contribution in [0.3, 0.4) is 0 Å². The first-order valence-corrected chi connectivity index (χ1v) is 5.63. The summed E-state index contributed by atoms with van der Waals surface area (Å²) < 4.78 is 0. The third kappa shape index (κ3) is 2.41. The molecule has 0 aliphatic heterocycles. The Bertz CT molecular complexity index is 334. The predicted octanol–water partition coefficient (Wildman–Crippen LogP) is 3.79. The highest BCUT2D eigenvalue weighted by molar-refractivity contribution is 6.35. The van der Waals surface area contributed by atoms with Crippen molar-refractivity contribution in [3.63, 3.8) is 0 Å². The number of halogens is 2. The second-order valence-electron chi connectivity index (χ2n) is 3.95. The van der Waals surface area contributed by atoms with E-state index in [9.17, 15) is 0 Å². The second kappa shape index (κ2) is 4.09. The molecule has 0 amide bonds. The van der Waals surface area contributed by atoms with Crippen LogP contribution in [0, 0.1) is 5.92 Å². The average molecular weight is 230 g/mol. The molecule has 1 aromatic rings. The molecule has 3 heteroatoms. The number of nitrogens with two attached hydrogens (primary N) is 1. The summed E-state index contributed by atoms with van der Waals surface area (Å²) in [5.41, 5.74) is 7.08. The predicted molar refractivity (Wildman–Crippen MR) is 60.7 cm³/mol. The Kier molecular flexibility index (Phi) is 3.01. The van der Waals surface area contributed by atoms with Gasteiger partial charge in [-0.3, -0.25) is 0 Å². The topological polar surface area (TPSA) is 26.0 Å². The van der Waals surface area contributed by atoms with Gasteiger partial charge in [-0.25, -0.2) is 0 Å². The molecule has 0 aromatic heterocycles. The van der Waals surface area contributed by atoms with E-state index < -0.39 is 0 Å². The molecule has 0 radical (unpaired) electrons. The fraction of sp³-hybridized carbons (Fsp3) is 0.455. The van der Waals surface area contributed by atoms with Crippen molar-refractivity contribution < 1.29 is 0 Å². The molecule has 0 unspecified atom stereocenters. The highest BCUT2D eigenvalue weighted by atomic mass is 35.5. The molecule has 1 aliphatic carbocycles. The first-order valence-electron chi connectivity index (χ1n) is 4.87. The molecular formula is C11H13Cl2N. The number of benzene rings is 1. The van der Waals surface area contributed by atoms with E-state index in [1.54, 1.807) is 6.07 Å². The van der Waals surface area contributed by atoms with Crippen molar-refractivity contribution in [1.82, 2.24) is 0 Å². The van der Waals surface area contributed by atoms with Crippen LogP contribution in [-0.4, -0.2) is 0 Å². The van der Waals surface area contributed by atoms with Crippen LogP contribution in [0.1, 0.15) is 30.9 Å². The Balaban J connectivity index is 2.13. The normalized spacial score (nSPS) is 18.2. The lowest BCUT2D eigenvalue weighted by Gasteiger charge is -2.13. The zero-order valence-corrected chi connectivity index (χ0v) is 9.35. The summed E-state index contributed by atoms with van der Waals surface area (Å²) in [7, 11) is 0. The largest absolute Gasteiger partial charge is 0.324 e. The number of hydrogen-bond donors (Lipinski definition) is 1. The Morgan fingerprint density at radius 2 is 2.07 bits per heavy atom. The van der Waals surface area contributed by atoms with Crippen molar-refractivity contribution in [2.75, 3.05) is 0 Å². The minimum Gasteiger partial charge on any atom is -0.324 e. The number of rotatable bonds is 3. The molecule has 2 rings (SSSR count). The van der Waals surface area contributed by atoms with Crippen molar-refractivity contribution in [1.29, 1.82) is 0 Å². The standard InChI is InChI=1S/C11H13Cl2N/c12-8-3-4-9(10(13)6-8)11(14)5-7-1-2-7/h3-4,6-7,11H,1-2,5,14H2/t11-/m1/s1. The highest BCUT2D eigenvalue weighted by Crippen LogP contribution is 2.38. The van der Waals surface area contributed by atoms with Gasteiger partial charge in [-0.05, 0) is 30.0 Å². The van der Waals surface area contributed by atoms with Crippen molar-refractivity contribution in [3.8, 4) is 0 Å². The molecule has 0 spiro atoms. The minimum atomic E-state index is 0.0623. The molecule has 0 bridgehead atoms. The molecule has 1 aromatic carbocycles. The maximum absolute atomic E-state index is 6.06. The maximum atomic E-state index is 6.06. The van der Waals surface area contributed by atoms with E-state index in [-0.39, 0.29) is 6.04 Å².